The van der Waals surface area contributed by atoms with Gasteiger partial charge in [-0.3, -0.25) is 14.9 Å². The number of ketones is 1. The summed E-state index contributed by atoms with van der Waals surface area (Å²) >= 11 is 0. The van der Waals surface area contributed by atoms with E-state index < -0.39 is 23.4 Å². The lowest BCUT2D eigenvalue weighted by Crippen LogP contribution is -2.64. The van der Waals surface area contributed by atoms with Crippen LogP contribution in [0.15, 0.2) is 84.0 Å². The van der Waals surface area contributed by atoms with Crippen LogP contribution in [0.4, 0.5) is 0 Å². The van der Waals surface area contributed by atoms with E-state index in [1.807, 2.05) is 0 Å². The molecule has 3 aromatic rings. The van der Waals surface area contributed by atoms with Crippen molar-refractivity contribution >= 4 is 23.9 Å². The van der Waals surface area contributed by atoms with Crippen molar-refractivity contribution in [1.29, 1.82) is 0 Å². The van der Waals surface area contributed by atoms with E-state index in [4.69, 9.17) is 15.3 Å². The fourth-order valence-electron chi connectivity index (χ4n) is 3.30. The Morgan fingerprint density at radius 1 is 0.971 bits per heavy atom. The molecule has 3 rings (SSSR count). The predicted molar refractivity (Wildman–Crippen MR) is 129 cm³/mol. The summed E-state index contributed by atoms with van der Waals surface area (Å²) < 4.78 is 10.8. The fraction of sp³-hybridized carbons (Fsp3) is 0.154. The minimum Gasteiger partial charge on any atom is -0.497 e. The Bertz CT molecular complexity index is 1190. The first kappa shape index (κ1) is 25.0. The molecule has 3 aromatic carbocycles. The number of benzene rings is 3. The number of nitrogens with one attached hydrogen (secondary N) is 1. The van der Waals surface area contributed by atoms with Crippen LogP contribution in [0.2, 0.25) is 0 Å². The Balaban J connectivity index is 1.89. The molecule has 9 heteroatoms. The van der Waals surface area contributed by atoms with Gasteiger partial charge < -0.3 is 20.4 Å². The second-order valence-electron chi connectivity index (χ2n) is 7.53. The van der Waals surface area contributed by atoms with Crippen molar-refractivity contribution in [1.82, 2.24) is 5.32 Å². The van der Waals surface area contributed by atoms with Crippen molar-refractivity contribution in [2.24, 2.45) is 10.9 Å². The average molecular weight is 476 g/mol. The number of aryl methyl sites for hydroxylation is 1. The van der Waals surface area contributed by atoms with Gasteiger partial charge in [-0.15, -0.1) is 0 Å². The largest absolute Gasteiger partial charge is 0.497 e. The number of Topliss-reactive ketones (excluding diaryl/α,β-unsaturated/α-hetero) is 1. The molecule has 1 unspecified atom stereocenters. The minimum absolute atomic E-state index is 0.113. The molecular weight excluding hydrogens is 450 g/mol. The number of hydrogen-bond donors (Lipinski definition) is 3. The van der Waals surface area contributed by atoms with Crippen LogP contribution in [0, 0.1) is 0 Å². The molecule has 0 fully saturated rings. The summed E-state index contributed by atoms with van der Waals surface area (Å²) in [5, 5.41) is 15.8. The molecule has 9 nitrogen and oxygen atoms in total. The van der Waals surface area contributed by atoms with Gasteiger partial charge in [0.15, 0.2) is 0 Å². The highest BCUT2D eigenvalue weighted by Gasteiger charge is 2.50. The molecule has 0 aliphatic carbocycles. The molecule has 1 amide bonds. The Hall–Kier alpha value is -4.66. The van der Waals surface area contributed by atoms with Gasteiger partial charge >= 0.3 is 11.7 Å². The van der Waals surface area contributed by atoms with E-state index in [9.17, 15) is 19.5 Å². The molecule has 0 aliphatic rings. The number of rotatable bonds is 11. The zero-order valence-electron chi connectivity index (χ0n) is 19.0. The molecule has 0 bridgehead atoms. The number of carbonyl (C=O) groups excluding carboxylic acids is 2. The maximum Gasteiger partial charge on any atom is 0.378 e. The number of aliphatic carboxylic acids is 1. The SMILES string of the molecule is COc1ccc(CCC(=O)C(NC(=O)c2ccc(C=NN)cc2)(Oc2ccccc2)C(=O)O)cc1. The quantitative estimate of drug-likeness (QED) is 0.127. The zero-order chi connectivity index (χ0) is 25.3. The minimum atomic E-state index is -2.64. The van der Waals surface area contributed by atoms with E-state index in [2.05, 4.69) is 10.4 Å². The number of nitrogens with zero attached hydrogens (tertiary/aromatic N) is 1. The van der Waals surface area contributed by atoms with Crippen LogP contribution >= 0.6 is 0 Å². The topological polar surface area (TPSA) is 140 Å². The molecule has 0 spiro atoms. The second kappa shape index (κ2) is 11.5. The van der Waals surface area contributed by atoms with Crippen LogP contribution in [-0.4, -0.2) is 41.8 Å². The fourth-order valence-corrected chi connectivity index (χ4v) is 3.30. The molecule has 1 atom stereocenters. The van der Waals surface area contributed by atoms with E-state index in [1.54, 1.807) is 61.7 Å². The van der Waals surface area contributed by atoms with Crippen LogP contribution in [0.1, 0.15) is 27.9 Å². The van der Waals surface area contributed by atoms with Crippen molar-refractivity contribution in [3.05, 3.63) is 95.6 Å². The number of amides is 1. The van der Waals surface area contributed by atoms with E-state index in [1.165, 1.54) is 30.5 Å². The third kappa shape index (κ3) is 6.23. The molecule has 4 N–H and O–H groups in total. The lowest BCUT2D eigenvalue weighted by atomic mass is 9.99. The molecule has 0 radical (unpaired) electrons. The van der Waals surface area contributed by atoms with E-state index in [0.29, 0.717) is 11.3 Å². The highest BCUT2D eigenvalue weighted by Crippen LogP contribution is 2.22. The van der Waals surface area contributed by atoms with Gasteiger partial charge in [-0.25, -0.2) is 4.79 Å². The normalized spacial score (nSPS) is 12.5. The van der Waals surface area contributed by atoms with Crippen LogP contribution in [0.3, 0.4) is 0 Å². The number of carboxylic acid groups (broad SMARTS) is 1. The van der Waals surface area contributed by atoms with E-state index in [-0.39, 0.29) is 24.2 Å². The third-order valence-corrected chi connectivity index (χ3v) is 5.19. The number of para-hydroxylation sites is 1. The molecule has 180 valence electrons. The summed E-state index contributed by atoms with van der Waals surface area (Å²) in [4.78, 5) is 38.8. The highest BCUT2D eigenvalue weighted by molar-refractivity contribution is 6.11. The summed E-state index contributed by atoms with van der Waals surface area (Å²) in [6.45, 7) is 0. The Morgan fingerprint density at radius 2 is 1.63 bits per heavy atom. The van der Waals surface area contributed by atoms with E-state index in [0.717, 1.165) is 5.56 Å². The summed E-state index contributed by atoms with van der Waals surface area (Å²) in [5.41, 5.74) is -1.07. The Labute approximate surface area is 202 Å². The van der Waals surface area contributed by atoms with Crippen molar-refractivity contribution in [2.75, 3.05) is 7.11 Å². The summed E-state index contributed by atoms with van der Waals surface area (Å²) in [5.74, 6) is 2.65. The number of nitrogens with two attached hydrogens (primary N) is 1. The van der Waals surface area contributed by atoms with Crippen molar-refractivity contribution < 1.29 is 29.0 Å². The van der Waals surface area contributed by atoms with Gasteiger partial charge in [0, 0.05) is 12.0 Å². The predicted octanol–water partition coefficient (Wildman–Crippen LogP) is 2.78. The molecule has 0 heterocycles. The summed E-state index contributed by atoms with van der Waals surface area (Å²) in [7, 11) is 1.54. The first-order valence-electron chi connectivity index (χ1n) is 10.7. The number of hydrogen-bond acceptors (Lipinski definition) is 7. The van der Waals surface area contributed by atoms with Crippen molar-refractivity contribution in [3.8, 4) is 11.5 Å². The lowest BCUT2D eigenvalue weighted by Gasteiger charge is -2.30. The standard InChI is InChI=1S/C26H25N3O6/c1-34-21-14-9-18(10-15-21)11-16-23(30)26(25(32)33,35-22-5-3-2-4-6-22)29-24(31)20-12-7-19(8-13-20)17-28-27/h2-10,12-15,17H,11,16,27H2,1H3,(H,29,31)(H,32,33). The van der Waals surface area contributed by atoms with Crippen LogP contribution < -0.4 is 20.6 Å². The number of hydrazone groups is 1. The monoisotopic (exact) mass is 475 g/mol. The molecule has 0 aromatic heterocycles. The summed E-state index contributed by atoms with van der Waals surface area (Å²) in [6, 6.07) is 21.1. The van der Waals surface area contributed by atoms with Crippen LogP contribution in [0.5, 0.6) is 11.5 Å². The van der Waals surface area contributed by atoms with Gasteiger partial charge in [0.05, 0.1) is 13.3 Å². The molecule has 0 saturated carbocycles. The average Bonchev–Trinajstić information content (AvgIpc) is 2.88. The second-order valence-corrected chi connectivity index (χ2v) is 7.53. The van der Waals surface area contributed by atoms with Gasteiger partial charge in [-0.05, 0) is 53.9 Å². The highest BCUT2D eigenvalue weighted by atomic mass is 16.5. The smallest absolute Gasteiger partial charge is 0.378 e. The van der Waals surface area contributed by atoms with Crippen LogP contribution in [0.25, 0.3) is 0 Å². The van der Waals surface area contributed by atoms with Gasteiger partial charge in [-0.2, -0.15) is 5.10 Å². The lowest BCUT2D eigenvalue weighted by molar-refractivity contribution is -0.164. The van der Waals surface area contributed by atoms with Gasteiger partial charge in [0.1, 0.15) is 11.5 Å². The molecular formula is C26H25N3O6. The number of methoxy groups -OCH3 is 1. The molecule has 0 saturated heterocycles. The number of ether oxygens (including phenoxy) is 2. The van der Waals surface area contributed by atoms with Gasteiger partial charge in [-0.1, -0.05) is 42.5 Å². The van der Waals surface area contributed by atoms with Crippen molar-refractivity contribution in [2.45, 2.75) is 18.6 Å². The third-order valence-electron chi connectivity index (χ3n) is 5.19. The first-order chi connectivity index (χ1) is 16.9. The van der Waals surface area contributed by atoms with Gasteiger partial charge in [0.25, 0.3) is 5.91 Å². The van der Waals surface area contributed by atoms with E-state index >= 15 is 0 Å². The molecule has 0 aliphatic heterocycles. The number of carboxylic acids is 1. The van der Waals surface area contributed by atoms with Crippen molar-refractivity contribution in [3.63, 3.8) is 0 Å². The first-order valence-corrected chi connectivity index (χ1v) is 10.7. The Morgan fingerprint density at radius 3 is 2.20 bits per heavy atom. The molecule has 35 heavy (non-hydrogen) atoms. The Kier molecular flexibility index (Phi) is 8.18. The number of carbonyl (C=O) groups is 3. The maximum atomic E-state index is 13.3. The zero-order valence-corrected chi connectivity index (χ0v) is 19.0. The summed E-state index contributed by atoms with van der Waals surface area (Å²) in [6.07, 6.45) is 1.43. The maximum absolute atomic E-state index is 13.3. The van der Waals surface area contributed by atoms with Gasteiger partial charge in [0.2, 0.25) is 5.78 Å². The van der Waals surface area contributed by atoms with Crippen LogP contribution in [-0.2, 0) is 16.0 Å².